The molecule has 0 unspecified atom stereocenters. The van der Waals surface area contributed by atoms with Crippen LogP contribution in [-0.4, -0.2) is 13.4 Å². The molecular weight excluding hydrogens is 812 g/mol. The molecule has 0 aromatic heterocycles. The largest absolute Gasteiger partial charge is 0.311 e. The lowest BCUT2D eigenvalue weighted by Gasteiger charge is -2.47. The third-order valence-corrected chi connectivity index (χ3v) is 13.6. The molecule has 0 aliphatic carbocycles. The van der Waals surface area contributed by atoms with E-state index in [1.807, 2.05) is 30.3 Å². The Hall–Kier alpha value is -7.54. The molecule has 0 saturated carbocycles. The summed E-state index contributed by atoms with van der Waals surface area (Å²) in [6.07, 6.45) is 0. The van der Waals surface area contributed by atoms with Crippen molar-refractivity contribution in [2.24, 2.45) is 0 Å². The maximum Gasteiger partial charge on any atom is 0.252 e. The lowest BCUT2D eigenvalue weighted by atomic mass is 9.30. The minimum atomic E-state index is -0.313. The number of fused-ring (bicyclic) bond motifs is 8. The number of halogens is 3. The summed E-state index contributed by atoms with van der Waals surface area (Å²) in [4.78, 5) is 9.27. The van der Waals surface area contributed by atoms with Gasteiger partial charge in [0, 0.05) is 73.3 Å². The first kappa shape index (κ1) is 37.1. The number of hydrogen-bond donors (Lipinski definition) is 0. The average Bonchev–Trinajstić information content (AvgIpc) is 3.32. The van der Waals surface area contributed by atoms with E-state index < -0.39 is 0 Å². The van der Waals surface area contributed by atoms with Crippen molar-refractivity contribution in [3.05, 3.63) is 216 Å². The molecule has 4 heterocycles. The zero-order valence-corrected chi connectivity index (χ0v) is 35.3. The molecule has 13 rings (SSSR count). The van der Waals surface area contributed by atoms with Crippen LogP contribution in [0.3, 0.4) is 0 Å². The molecule has 0 fully saturated rings. The van der Waals surface area contributed by atoms with Crippen LogP contribution in [0.5, 0.6) is 0 Å². The number of benzene rings is 9. The van der Waals surface area contributed by atoms with E-state index in [0.29, 0.717) is 5.02 Å². The Morgan fingerprint density at radius 2 is 0.703 bits per heavy atom. The van der Waals surface area contributed by atoms with Crippen LogP contribution in [0.25, 0.3) is 0 Å². The van der Waals surface area contributed by atoms with E-state index >= 15 is 0 Å². The molecule has 9 heteroatoms. The van der Waals surface area contributed by atoms with Gasteiger partial charge in [-0.05, 0) is 161 Å². The van der Waals surface area contributed by atoms with Gasteiger partial charge < -0.3 is 19.6 Å². The van der Waals surface area contributed by atoms with Crippen LogP contribution in [0.4, 0.5) is 77.0 Å². The van der Waals surface area contributed by atoms with Gasteiger partial charge in [0.05, 0.1) is 0 Å². The quantitative estimate of drug-likeness (QED) is 0.164. The van der Waals surface area contributed by atoms with Crippen molar-refractivity contribution in [1.29, 1.82) is 0 Å². The summed E-state index contributed by atoms with van der Waals surface area (Å²) >= 11 is 7.23. The van der Waals surface area contributed by atoms with Gasteiger partial charge in [-0.2, -0.15) is 0 Å². The highest BCUT2D eigenvalue weighted by molar-refractivity contribution is 7.03. The maximum atomic E-state index is 14.9. The minimum Gasteiger partial charge on any atom is -0.311 e. The van der Waals surface area contributed by atoms with Gasteiger partial charge in [0.15, 0.2) is 0 Å². The summed E-state index contributed by atoms with van der Waals surface area (Å²) in [6.45, 7) is 1.81. The van der Waals surface area contributed by atoms with E-state index in [1.54, 1.807) is 0 Å². The second-order valence-corrected chi connectivity index (χ2v) is 17.4. The molecule has 0 N–H and O–H groups in total. The first-order valence-electron chi connectivity index (χ1n) is 21.6. The van der Waals surface area contributed by atoms with E-state index in [-0.39, 0.29) is 25.1 Å². The molecule has 0 saturated heterocycles. The Morgan fingerprint density at radius 3 is 1.14 bits per heavy atom. The van der Waals surface area contributed by atoms with Crippen LogP contribution < -0.4 is 52.4 Å². The van der Waals surface area contributed by atoms with Gasteiger partial charge in [0.25, 0.3) is 13.4 Å². The fraction of sp³-hybridized carbons (Fsp3) is 0.0182. The lowest BCUT2D eigenvalue weighted by Crippen LogP contribution is -2.65. The molecular formula is C55H35B2ClF2N4. The molecule has 4 aliphatic heterocycles. The molecule has 64 heavy (non-hydrogen) atoms. The number of anilines is 12. The third-order valence-electron chi connectivity index (χ3n) is 13.4. The molecule has 302 valence electrons. The summed E-state index contributed by atoms with van der Waals surface area (Å²) in [5.74, 6) is -0.612. The van der Waals surface area contributed by atoms with Crippen LogP contribution in [0.15, 0.2) is 194 Å². The van der Waals surface area contributed by atoms with E-state index in [2.05, 4.69) is 166 Å². The predicted molar refractivity (Wildman–Crippen MR) is 264 cm³/mol. The van der Waals surface area contributed by atoms with Crippen molar-refractivity contribution in [1.82, 2.24) is 0 Å². The number of hydrogen-bond acceptors (Lipinski definition) is 4. The Kier molecular flexibility index (Phi) is 8.10. The first-order valence-corrected chi connectivity index (χ1v) is 21.9. The molecule has 0 spiro atoms. The van der Waals surface area contributed by atoms with Gasteiger partial charge in [-0.15, -0.1) is 0 Å². The van der Waals surface area contributed by atoms with Crippen molar-refractivity contribution < 1.29 is 8.78 Å². The Balaban J connectivity index is 1.16. The van der Waals surface area contributed by atoms with Gasteiger partial charge in [0.1, 0.15) is 11.6 Å². The number of rotatable bonds is 4. The van der Waals surface area contributed by atoms with Crippen molar-refractivity contribution in [2.45, 2.75) is 6.92 Å². The van der Waals surface area contributed by atoms with Crippen LogP contribution in [0, 0.1) is 18.6 Å². The molecule has 9 aromatic carbocycles. The second kappa shape index (κ2) is 14.0. The van der Waals surface area contributed by atoms with Gasteiger partial charge in [-0.3, -0.25) is 0 Å². The molecule has 4 nitrogen and oxygen atoms in total. The third kappa shape index (κ3) is 5.36. The van der Waals surface area contributed by atoms with Crippen molar-refractivity contribution >= 4 is 126 Å². The van der Waals surface area contributed by atoms with E-state index in [9.17, 15) is 8.78 Å². The Morgan fingerprint density at radius 1 is 0.344 bits per heavy atom. The molecule has 0 amide bonds. The number of nitrogens with zero attached hydrogens (tertiary/aromatic N) is 4. The highest BCUT2D eigenvalue weighted by Gasteiger charge is 2.48. The van der Waals surface area contributed by atoms with E-state index in [4.69, 9.17) is 11.6 Å². The van der Waals surface area contributed by atoms with Crippen molar-refractivity contribution in [2.75, 3.05) is 19.6 Å². The predicted octanol–water partition coefficient (Wildman–Crippen LogP) is 11.1. The SMILES string of the molecule is Cc1cc2c3c(c1)N(c1ccc(F)cc1)c1cc4c(cc1B3c1ccccc1N2c1ccccc1)B1c2ccccc2N(c2ccccc2)c2cc(Cl)cc(c21)N4c1ccc(F)cc1. The van der Waals surface area contributed by atoms with Crippen LogP contribution in [0.1, 0.15) is 5.56 Å². The monoisotopic (exact) mass is 846 g/mol. The van der Waals surface area contributed by atoms with Crippen molar-refractivity contribution in [3.8, 4) is 0 Å². The van der Waals surface area contributed by atoms with E-state index in [1.165, 1.54) is 40.7 Å². The fourth-order valence-electron chi connectivity index (χ4n) is 10.9. The highest BCUT2D eigenvalue weighted by Crippen LogP contribution is 2.49. The molecule has 9 aromatic rings. The molecule has 0 radical (unpaired) electrons. The van der Waals surface area contributed by atoms with Crippen LogP contribution >= 0.6 is 11.6 Å². The van der Waals surface area contributed by atoms with Gasteiger partial charge in [0.2, 0.25) is 0 Å². The normalized spacial score (nSPS) is 13.8. The van der Waals surface area contributed by atoms with Crippen LogP contribution in [0.2, 0.25) is 5.02 Å². The number of aryl methyl sites for hydroxylation is 1. The average molecular weight is 847 g/mol. The van der Waals surface area contributed by atoms with E-state index in [0.717, 1.165) is 90.2 Å². The molecule has 0 bridgehead atoms. The topological polar surface area (TPSA) is 13.0 Å². The summed E-state index contributed by atoms with van der Waals surface area (Å²) in [6, 6.07) is 65.4. The number of para-hydroxylation sites is 4. The molecule has 4 aliphatic rings. The summed E-state index contributed by atoms with van der Waals surface area (Å²) in [5.41, 5.74) is 20.0. The zero-order chi connectivity index (χ0) is 42.8. The first-order chi connectivity index (χ1) is 31.4. The molecule has 0 atom stereocenters. The standard InChI is InChI=1S/C55H35B2ClF2N4/c1-34-28-50-54-51(29-34)63(40-24-20-36(59)21-25-40)48-33-49-45(32-44(48)56(54)42-16-8-10-18-46(42)61(50)38-12-4-2-5-13-38)57-43-17-9-11-19-47(43)62(39-14-6-3-7-15-39)52-30-35(58)31-53(55(52)57)64(49)41-26-22-37(60)23-27-41/h2-33H,1H3. The van der Waals surface area contributed by atoms with Crippen molar-refractivity contribution in [3.63, 3.8) is 0 Å². The van der Waals surface area contributed by atoms with Crippen LogP contribution in [-0.2, 0) is 0 Å². The Bertz CT molecular complexity index is 3150. The minimum absolute atomic E-state index is 0.149. The maximum absolute atomic E-state index is 14.9. The fourth-order valence-corrected chi connectivity index (χ4v) is 11.1. The lowest BCUT2D eigenvalue weighted by molar-refractivity contribution is 0.627. The second-order valence-electron chi connectivity index (χ2n) is 17.0. The summed E-state index contributed by atoms with van der Waals surface area (Å²) in [7, 11) is 0. The highest BCUT2D eigenvalue weighted by atomic mass is 35.5. The summed E-state index contributed by atoms with van der Waals surface area (Å²) < 4.78 is 29.7. The summed E-state index contributed by atoms with van der Waals surface area (Å²) in [5, 5.41) is 0.591. The zero-order valence-electron chi connectivity index (χ0n) is 34.6. The smallest absolute Gasteiger partial charge is 0.252 e. The Labute approximate surface area is 376 Å². The van der Waals surface area contributed by atoms with Gasteiger partial charge >= 0.3 is 0 Å². The van der Waals surface area contributed by atoms with Gasteiger partial charge in [-0.1, -0.05) is 90.5 Å². The van der Waals surface area contributed by atoms with Gasteiger partial charge in [-0.25, -0.2) is 8.78 Å².